The lowest BCUT2D eigenvalue weighted by Gasteiger charge is -2.16. The number of pyridine rings is 1. The minimum absolute atomic E-state index is 0.0165. The van der Waals surface area contributed by atoms with Gasteiger partial charge in [0.25, 0.3) is 0 Å². The Hall–Kier alpha value is -1.66. The Morgan fingerprint density at radius 1 is 1.50 bits per heavy atom. The number of nitrogens with zero attached hydrogens (tertiary/aromatic N) is 2. The smallest absolute Gasteiger partial charge is 0.189 e. The van der Waals surface area contributed by atoms with Gasteiger partial charge in [-0.3, -0.25) is 4.98 Å². The third kappa shape index (κ3) is 5.14. The molecule has 0 radical (unpaired) electrons. The Labute approximate surface area is 119 Å². The van der Waals surface area contributed by atoms with Crippen LogP contribution in [0, 0.1) is 5.92 Å². The van der Waals surface area contributed by atoms with Crippen molar-refractivity contribution in [1.29, 1.82) is 0 Å². The summed E-state index contributed by atoms with van der Waals surface area (Å²) in [5.74, 6) is 0.483. The molecule has 0 saturated heterocycles. The highest BCUT2D eigenvalue weighted by Gasteiger charge is 2.10. The molecule has 0 aromatic carbocycles. The lowest BCUT2D eigenvalue weighted by Crippen LogP contribution is -2.25. The maximum absolute atomic E-state index is 9.03. The van der Waals surface area contributed by atoms with Gasteiger partial charge in [-0.15, -0.1) is 0 Å². The summed E-state index contributed by atoms with van der Waals surface area (Å²) in [6, 6.07) is 3.72. The zero-order chi connectivity index (χ0) is 14.8. The van der Waals surface area contributed by atoms with Gasteiger partial charge in [0.2, 0.25) is 0 Å². The van der Waals surface area contributed by atoms with Gasteiger partial charge in [-0.05, 0) is 36.9 Å². The lowest BCUT2D eigenvalue weighted by atomic mass is 10.00. The first-order valence-electron chi connectivity index (χ1n) is 6.96. The Morgan fingerprint density at radius 2 is 2.30 bits per heavy atom. The van der Waals surface area contributed by atoms with Gasteiger partial charge in [0, 0.05) is 19.3 Å². The van der Waals surface area contributed by atoms with E-state index in [4.69, 9.17) is 16.0 Å². The second kappa shape index (κ2) is 9.28. The van der Waals surface area contributed by atoms with E-state index in [0.29, 0.717) is 18.2 Å². The molecule has 0 spiro atoms. The zero-order valence-corrected chi connectivity index (χ0v) is 11.9. The maximum atomic E-state index is 9.03. The van der Waals surface area contributed by atoms with E-state index in [-0.39, 0.29) is 12.4 Å². The maximum Gasteiger partial charge on any atom is 0.189 e. The molecule has 1 aromatic rings. The summed E-state index contributed by atoms with van der Waals surface area (Å²) in [5, 5.41) is 24.1. The van der Waals surface area contributed by atoms with Gasteiger partial charge in [-0.25, -0.2) is 0 Å². The van der Waals surface area contributed by atoms with Crippen molar-refractivity contribution in [3.05, 3.63) is 29.6 Å². The summed E-state index contributed by atoms with van der Waals surface area (Å²) in [6.07, 6.45) is 4.62. The summed E-state index contributed by atoms with van der Waals surface area (Å²) in [7, 11) is 0. The largest absolute Gasteiger partial charge is 0.409 e. The third-order valence-corrected chi connectivity index (χ3v) is 3.22. The number of aliphatic hydroxyl groups is 1. The van der Waals surface area contributed by atoms with Crippen LogP contribution in [0.2, 0.25) is 0 Å². The molecule has 0 amide bonds. The summed E-state index contributed by atoms with van der Waals surface area (Å²) < 4.78 is 0. The van der Waals surface area contributed by atoms with Crippen molar-refractivity contribution in [2.75, 3.05) is 13.2 Å². The van der Waals surface area contributed by atoms with Gasteiger partial charge in [-0.2, -0.15) is 0 Å². The normalized spacial score (nSPS) is 13.4. The number of hydrogen-bond donors (Lipinski definition) is 4. The van der Waals surface area contributed by atoms with Crippen LogP contribution >= 0.6 is 0 Å². The van der Waals surface area contributed by atoms with Crippen LogP contribution in [-0.4, -0.2) is 34.3 Å². The molecule has 0 aliphatic rings. The lowest BCUT2D eigenvalue weighted by molar-refractivity contribution is 0.248. The Bertz CT molecular complexity index is 417. The average molecular weight is 280 g/mol. The molecule has 0 bridgehead atoms. The number of rotatable bonds is 9. The number of aromatic nitrogens is 1. The summed E-state index contributed by atoms with van der Waals surface area (Å²) in [4.78, 5) is 4.12. The van der Waals surface area contributed by atoms with Crippen LogP contribution in [-0.2, 0) is 6.54 Å². The van der Waals surface area contributed by atoms with E-state index in [1.165, 1.54) is 0 Å². The molecule has 112 valence electrons. The molecule has 6 nitrogen and oxygen atoms in total. The molecule has 0 aliphatic carbocycles. The monoisotopic (exact) mass is 280 g/mol. The topological polar surface area (TPSA) is 104 Å². The van der Waals surface area contributed by atoms with E-state index in [2.05, 4.69) is 22.4 Å². The molecule has 20 heavy (non-hydrogen) atoms. The fourth-order valence-electron chi connectivity index (χ4n) is 2.21. The minimum Gasteiger partial charge on any atom is -0.409 e. The van der Waals surface area contributed by atoms with E-state index in [1.54, 1.807) is 6.20 Å². The van der Waals surface area contributed by atoms with Gasteiger partial charge in [0.15, 0.2) is 5.84 Å². The predicted octanol–water partition coefficient (Wildman–Crippen LogP) is 1.06. The molecular weight excluding hydrogens is 256 g/mol. The molecule has 1 rings (SSSR count). The van der Waals surface area contributed by atoms with E-state index in [0.717, 1.165) is 31.4 Å². The standard InChI is InChI=1S/C14H24N4O2/c1-2-4-11(6-8-19)9-16-10-12-5-3-7-17-13(12)14(15)18-20/h3,5,7,11,16,19-20H,2,4,6,8-10H2,1H3,(H2,15,18). The number of nitrogens with one attached hydrogen (secondary N) is 1. The van der Waals surface area contributed by atoms with Gasteiger partial charge >= 0.3 is 0 Å². The summed E-state index contributed by atoms with van der Waals surface area (Å²) in [6.45, 7) is 3.79. The average Bonchev–Trinajstić information content (AvgIpc) is 2.47. The second-order valence-corrected chi connectivity index (χ2v) is 4.79. The Morgan fingerprint density at radius 3 is 2.95 bits per heavy atom. The number of aliphatic hydroxyl groups excluding tert-OH is 1. The molecule has 5 N–H and O–H groups in total. The van der Waals surface area contributed by atoms with Crippen LogP contribution < -0.4 is 11.1 Å². The highest BCUT2D eigenvalue weighted by atomic mass is 16.4. The highest BCUT2D eigenvalue weighted by molar-refractivity contribution is 5.96. The van der Waals surface area contributed by atoms with Crippen LogP contribution in [0.1, 0.15) is 37.4 Å². The fraction of sp³-hybridized carbons (Fsp3) is 0.571. The number of amidine groups is 1. The van der Waals surface area contributed by atoms with Crippen molar-refractivity contribution in [2.45, 2.75) is 32.7 Å². The van der Waals surface area contributed by atoms with E-state index in [1.807, 2.05) is 12.1 Å². The SMILES string of the molecule is CCCC(CCO)CNCc1cccnc1/C(N)=N/O. The predicted molar refractivity (Wildman–Crippen MR) is 78.6 cm³/mol. The molecule has 1 unspecified atom stereocenters. The van der Waals surface area contributed by atoms with Crippen molar-refractivity contribution in [3.63, 3.8) is 0 Å². The first-order chi connectivity index (χ1) is 9.72. The van der Waals surface area contributed by atoms with Crippen LogP contribution in [0.5, 0.6) is 0 Å². The highest BCUT2D eigenvalue weighted by Crippen LogP contribution is 2.10. The molecular formula is C14H24N4O2. The summed E-state index contributed by atoms with van der Waals surface area (Å²) in [5.41, 5.74) is 6.99. The van der Waals surface area contributed by atoms with E-state index in [9.17, 15) is 0 Å². The van der Waals surface area contributed by atoms with Crippen molar-refractivity contribution in [2.24, 2.45) is 16.8 Å². The summed E-state index contributed by atoms with van der Waals surface area (Å²) >= 11 is 0. The number of hydrogen-bond acceptors (Lipinski definition) is 5. The molecule has 0 aliphatic heterocycles. The van der Waals surface area contributed by atoms with Gasteiger partial charge in [0.1, 0.15) is 5.69 Å². The van der Waals surface area contributed by atoms with Crippen LogP contribution in [0.3, 0.4) is 0 Å². The first kappa shape index (κ1) is 16.4. The number of nitrogens with two attached hydrogens (primary N) is 1. The van der Waals surface area contributed by atoms with Gasteiger partial charge in [-0.1, -0.05) is 24.6 Å². The van der Waals surface area contributed by atoms with E-state index < -0.39 is 0 Å². The van der Waals surface area contributed by atoms with Crippen molar-refractivity contribution < 1.29 is 10.3 Å². The molecule has 0 saturated carbocycles. The van der Waals surface area contributed by atoms with Crippen molar-refractivity contribution in [3.8, 4) is 0 Å². The second-order valence-electron chi connectivity index (χ2n) is 4.79. The van der Waals surface area contributed by atoms with Crippen LogP contribution in [0.4, 0.5) is 0 Å². The molecule has 6 heteroatoms. The van der Waals surface area contributed by atoms with Gasteiger partial charge < -0.3 is 21.4 Å². The fourth-order valence-corrected chi connectivity index (χ4v) is 2.21. The molecule has 1 heterocycles. The Balaban J connectivity index is 2.57. The Kier molecular flexibility index (Phi) is 7.60. The quantitative estimate of drug-likeness (QED) is 0.234. The van der Waals surface area contributed by atoms with Gasteiger partial charge in [0.05, 0.1) is 0 Å². The van der Waals surface area contributed by atoms with Crippen LogP contribution in [0.25, 0.3) is 0 Å². The first-order valence-corrected chi connectivity index (χ1v) is 6.96. The molecule has 1 atom stereocenters. The minimum atomic E-state index is 0.0165. The van der Waals surface area contributed by atoms with Crippen molar-refractivity contribution >= 4 is 5.84 Å². The third-order valence-electron chi connectivity index (χ3n) is 3.22. The van der Waals surface area contributed by atoms with Crippen molar-refractivity contribution in [1.82, 2.24) is 10.3 Å². The van der Waals surface area contributed by atoms with E-state index >= 15 is 0 Å². The number of oxime groups is 1. The zero-order valence-electron chi connectivity index (χ0n) is 11.9. The van der Waals surface area contributed by atoms with Crippen LogP contribution in [0.15, 0.2) is 23.5 Å². The molecule has 1 aromatic heterocycles. The molecule has 0 fully saturated rings.